The van der Waals surface area contributed by atoms with Crippen LogP contribution in [-0.4, -0.2) is 27.4 Å². The molecule has 1 rings (SSSR count). The highest BCUT2D eigenvalue weighted by Gasteiger charge is 2.20. The second-order valence-corrected chi connectivity index (χ2v) is 6.75. The summed E-state index contributed by atoms with van der Waals surface area (Å²) in [5.41, 5.74) is 6.69. The first-order valence-corrected chi connectivity index (χ1v) is 7.78. The summed E-state index contributed by atoms with van der Waals surface area (Å²) >= 11 is 0. The van der Waals surface area contributed by atoms with Gasteiger partial charge in [0.05, 0.1) is 10.9 Å². The molecule has 7 heteroatoms. The van der Waals surface area contributed by atoms with Crippen LogP contribution in [0.25, 0.3) is 0 Å². The van der Waals surface area contributed by atoms with E-state index in [1.54, 1.807) is 19.1 Å². The Morgan fingerprint density at radius 2 is 1.90 bits per heavy atom. The molecule has 1 amide bonds. The smallest absolute Gasteiger partial charge is 0.241 e. The maximum Gasteiger partial charge on any atom is 0.241 e. The molecule has 0 radical (unpaired) electrons. The number of hydrogen-bond donors (Lipinski definition) is 3. The molecule has 0 aliphatic carbocycles. The lowest BCUT2D eigenvalue weighted by molar-refractivity contribution is -0.118. The Morgan fingerprint density at radius 3 is 2.40 bits per heavy atom. The number of nitrogens with two attached hydrogens (primary N) is 1. The van der Waals surface area contributed by atoms with Gasteiger partial charge in [0, 0.05) is 5.69 Å². The standard InChI is InChI=1S/C13H21N3O3S/c1-8(2)12(14)13(17)16-10-6-5-7-11(9(10)3)20(18,19)15-4/h5-8,12,15H,14H2,1-4H3,(H,16,17)/t12-/m0/s1. The number of sulfonamides is 1. The fraction of sp³-hybridized carbons (Fsp3) is 0.462. The zero-order valence-electron chi connectivity index (χ0n) is 12.1. The highest BCUT2D eigenvalue weighted by molar-refractivity contribution is 7.89. The molecule has 20 heavy (non-hydrogen) atoms. The Morgan fingerprint density at radius 1 is 1.30 bits per heavy atom. The molecule has 112 valence electrons. The molecule has 1 aromatic rings. The largest absolute Gasteiger partial charge is 0.324 e. The van der Waals surface area contributed by atoms with Gasteiger partial charge >= 0.3 is 0 Å². The van der Waals surface area contributed by atoms with E-state index in [2.05, 4.69) is 10.0 Å². The Labute approximate surface area is 119 Å². The summed E-state index contributed by atoms with van der Waals surface area (Å²) < 4.78 is 26.0. The van der Waals surface area contributed by atoms with E-state index in [1.165, 1.54) is 13.1 Å². The molecule has 0 spiro atoms. The van der Waals surface area contributed by atoms with Crippen molar-refractivity contribution >= 4 is 21.6 Å². The topological polar surface area (TPSA) is 101 Å². The third kappa shape index (κ3) is 3.56. The van der Waals surface area contributed by atoms with Gasteiger partial charge in [-0.05, 0) is 37.6 Å². The van der Waals surface area contributed by atoms with Crippen molar-refractivity contribution in [2.24, 2.45) is 11.7 Å². The minimum Gasteiger partial charge on any atom is -0.324 e. The minimum atomic E-state index is -3.56. The Kier molecular flexibility index (Phi) is 5.27. The SMILES string of the molecule is CNS(=O)(=O)c1cccc(NC(=O)[C@@H](N)C(C)C)c1C. The minimum absolute atomic E-state index is 0.000435. The first-order valence-electron chi connectivity index (χ1n) is 6.30. The third-order valence-electron chi connectivity index (χ3n) is 3.12. The van der Waals surface area contributed by atoms with E-state index >= 15 is 0 Å². The van der Waals surface area contributed by atoms with Gasteiger partial charge in [-0.2, -0.15) is 0 Å². The predicted molar refractivity (Wildman–Crippen MR) is 78.9 cm³/mol. The fourth-order valence-electron chi connectivity index (χ4n) is 1.67. The summed E-state index contributed by atoms with van der Waals surface area (Å²) in [7, 11) is -2.21. The average Bonchev–Trinajstić information content (AvgIpc) is 2.39. The molecule has 0 saturated carbocycles. The molecule has 1 aromatic carbocycles. The number of carbonyl (C=O) groups is 1. The van der Waals surface area contributed by atoms with Gasteiger partial charge in [-0.3, -0.25) is 4.79 Å². The molecule has 1 atom stereocenters. The second-order valence-electron chi connectivity index (χ2n) is 4.90. The van der Waals surface area contributed by atoms with Gasteiger partial charge in [0.15, 0.2) is 0 Å². The molecule has 0 heterocycles. The molecule has 4 N–H and O–H groups in total. The van der Waals surface area contributed by atoms with Crippen LogP contribution in [0.3, 0.4) is 0 Å². The van der Waals surface area contributed by atoms with Gasteiger partial charge in [0.25, 0.3) is 0 Å². The van der Waals surface area contributed by atoms with Crippen LogP contribution in [0.15, 0.2) is 23.1 Å². The lowest BCUT2D eigenvalue weighted by Crippen LogP contribution is -2.40. The summed E-state index contributed by atoms with van der Waals surface area (Å²) in [5, 5.41) is 2.67. The molecule has 0 unspecified atom stereocenters. The van der Waals surface area contributed by atoms with Crippen molar-refractivity contribution in [2.75, 3.05) is 12.4 Å². The molecule has 6 nitrogen and oxygen atoms in total. The van der Waals surface area contributed by atoms with Crippen LogP contribution < -0.4 is 15.8 Å². The Hall–Kier alpha value is -1.44. The van der Waals surface area contributed by atoms with Crippen LogP contribution in [0.5, 0.6) is 0 Å². The number of anilines is 1. The van der Waals surface area contributed by atoms with Crippen LogP contribution in [0, 0.1) is 12.8 Å². The third-order valence-corrected chi connectivity index (χ3v) is 4.68. The number of carbonyl (C=O) groups excluding carboxylic acids is 1. The zero-order valence-corrected chi connectivity index (χ0v) is 12.9. The van der Waals surface area contributed by atoms with Crippen molar-refractivity contribution in [1.29, 1.82) is 0 Å². The fourth-order valence-corrected chi connectivity index (χ4v) is 2.66. The Bertz CT molecular complexity index is 597. The van der Waals surface area contributed by atoms with E-state index in [4.69, 9.17) is 5.73 Å². The molecular formula is C13H21N3O3S. The summed E-state index contributed by atoms with van der Waals surface area (Å²) in [6.45, 7) is 5.33. The number of nitrogens with one attached hydrogen (secondary N) is 2. The van der Waals surface area contributed by atoms with Crippen LogP contribution in [-0.2, 0) is 14.8 Å². The summed E-state index contributed by atoms with van der Waals surface area (Å²) in [4.78, 5) is 12.1. The monoisotopic (exact) mass is 299 g/mol. The lowest BCUT2D eigenvalue weighted by Gasteiger charge is -2.17. The molecule has 0 aromatic heterocycles. The van der Waals surface area contributed by atoms with Crippen molar-refractivity contribution in [2.45, 2.75) is 31.7 Å². The predicted octanol–water partition coefficient (Wildman–Crippen LogP) is 0.825. The van der Waals surface area contributed by atoms with Crippen molar-refractivity contribution in [3.8, 4) is 0 Å². The summed E-state index contributed by atoms with van der Waals surface area (Å²) in [6, 6.07) is 4.07. The van der Waals surface area contributed by atoms with E-state index in [-0.39, 0.29) is 16.7 Å². The maximum atomic E-state index is 11.9. The molecule has 0 aliphatic rings. The van der Waals surface area contributed by atoms with Crippen molar-refractivity contribution in [1.82, 2.24) is 4.72 Å². The van der Waals surface area contributed by atoms with Gasteiger partial charge in [-0.25, -0.2) is 13.1 Å². The molecule has 0 aliphatic heterocycles. The van der Waals surface area contributed by atoms with Crippen LogP contribution in [0.1, 0.15) is 19.4 Å². The number of amides is 1. The Balaban J connectivity index is 3.11. The lowest BCUT2D eigenvalue weighted by atomic mass is 10.0. The first-order chi connectivity index (χ1) is 9.20. The van der Waals surface area contributed by atoms with Crippen LogP contribution >= 0.6 is 0 Å². The van der Waals surface area contributed by atoms with Crippen molar-refractivity contribution in [3.63, 3.8) is 0 Å². The second kappa shape index (κ2) is 6.34. The van der Waals surface area contributed by atoms with E-state index in [1.807, 2.05) is 13.8 Å². The van der Waals surface area contributed by atoms with Gasteiger partial charge in [0.2, 0.25) is 15.9 Å². The van der Waals surface area contributed by atoms with Crippen LogP contribution in [0.4, 0.5) is 5.69 Å². The highest BCUT2D eigenvalue weighted by Crippen LogP contribution is 2.23. The normalized spacial score (nSPS) is 13.3. The summed E-state index contributed by atoms with van der Waals surface area (Å²) in [6.07, 6.45) is 0. The van der Waals surface area contributed by atoms with Gasteiger partial charge in [-0.1, -0.05) is 19.9 Å². The van der Waals surface area contributed by atoms with E-state index in [0.29, 0.717) is 11.3 Å². The quantitative estimate of drug-likeness (QED) is 0.749. The maximum absolute atomic E-state index is 11.9. The number of benzene rings is 1. The average molecular weight is 299 g/mol. The van der Waals surface area contributed by atoms with Gasteiger partial charge in [0.1, 0.15) is 0 Å². The van der Waals surface area contributed by atoms with E-state index < -0.39 is 16.1 Å². The highest BCUT2D eigenvalue weighted by atomic mass is 32.2. The van der Waals surface area contributed by atoms with Crippen molar-refractivity contribution in [3.05, 3.63) is 23.8 Å². The van der Waals surface area contributed by atoms with Crippen molar-refractivity contribution < 1.29 is 13.2 Å². The van der Waals surface area contributed by atoms with E-state index in [0.717, 1.165) is 0 Å². The molecule has 0 fully saturated rings. The van der Waals surface area contributed by atoms with Crippen LogP contribution in [0.2, 0.25) is 0 Å². The molecular weight excluding hydrogens is 278 g/mol. The van der Waals surface area contributed by atoms with E-state index in [9.17, 15) is 13.2 Å². The summed E-state index contributed by atoms with van der Waals surface area (Å²) in [5.74, 6) is -0.332. The number of rotatable bonds is 5. The zero-order chi connectivity index (χ0) is 15.5. The molecule has 0 saturated heterocycles. The van der Waals surface area contributed by atoms with Gasteiger partial charge < -0.3 is 11.1 Å². The molecule has 0 bridgehead atoms. The van der Waals surface area contributed by atoms with Gasteiger partial charge in [-0.15, -0.1) is 0 Å². The number of hydrogen-bond acceptors (Lipinski definition) is 4. The first kappa shape index (κ1) is 16.6.